The van der Waals surface area contributed by atoms with Gasteiger partial charge in [-0.3, -0.25) is 0 Å². The van der Waals surface area contributed by atoms with Gasteiger partial charge in [0.2, 0.25) is 0 Å². The third-order valence-corrected chi connectivity index (χ3v) is 5.68. The molecular weight excluding hydrogens is 295 g/mol. The summed E-state index contributed by atoms with van der Waals surface area (Å²) in [5.41, 5.74) is 2.25. The highest BCUT2D eigenvalue weighted by atomic mass is 19.1. The Morgan fingerprint density at radius 2 is 1.88 bits per heavy atom. The topological polar surface area (TPSA) is 0 Å². The van der Waals surface area contributed by atoms with E-state index >= 15 is 0 Å². The molecule has 0 aliphatic heterocycles. The minimum atomic E-state index is -0.00878. The maximum atomic E-state index is 14.8. The van der Waals surface area contributed by atoms with Crippen LogP contribution in [0.4, 0.5) is 4.39 Å². The highest BCUT2D eigenvalue weighted by Gasteiger charge is 2.21. The molecule has 0 unspecified atom stereocenters. The molecule has 2 aromatic rings. The second-order valence-corrected chi connectivity index (χ2v) is 7.32. The monoisotopic (exact) mass is 324 g/mol. The van der Waals surface area contributed by atoms with Crippen LogP contribution in [0.2, 0.25) is 0 Å². The van der Waals surface area contributed by atoms with Gasteiger partial charge in [-0.15, -0.1) is 6.58 Å². The van der Waals surface area contributed by atoms with Gasteiger partial charge in [-0.05, 0) is 66.9 Å². The first kappa shape index (κ1) is 17.2. The van der Waals surface area contributed by atoms with Gasteiger partial charge in [0, 0.05) is 5.39 Å². The van der Waals surface area contributed by atoms with Gasteiger partial charge in [0.15, 0.2) is 0 Å². The quantitative estimate of drug-likeness (QED) is 0.390. The van der Waals surface area contributed by atoms with Crippen LogP contribution in [0.5, 0.6) is 0 Å². The first-order chi connectivity index (χ1) is 11.7. The van der Waals surface area contributed by atoms with Gasteiger partial charge < -0.3 is 0 Å². The number of benzene rings is 2. The predicted molar refractivity (Wildman–Crippen MR) is 102 cm³/mol. The third-order valence-electron chi connectivity index (χ3n) is 5.68. The van der Waals surface area contributed by atoms with Crippen LogP contribution < -0.4 is 0 Å². The van der Waals surface area contributed by atoms with Gasteiger partial charge in [-0.1, -0.05) is 56.2 Å². The summed E-state index contributed by atoms with van der Waals surface area (Å²) in [7, 11) is 0. The number of unbranched alkanes of at least 4 members (excludes halogenated alkanes) is 2. The van der Waals surface area contributed by atoms with E-state index in [0.717, 1.165) is 29.2 Å². The van der Waals surface area contributed by atoms with E-state index in [2.05, 4.69) is 37.8 Å². The van der Waals surface area contributed by atoms with Crippen molar-refractivity contribution >= 4 is 10.8 Å². The molecule has 1 fully saturated rings. The third kappa shape index (κ3) is 3.71. The van der Waals surface area contributed by atoms with Crippen LogP contribution in [0.3, 0.4) is 0 Å². The summed E-state index contributed by atoms with van der Waals surface area (Å²) in [6.07, 6.45) is 11.3. The maximum Gasteiger partial charge on any atom is 0.134 e. The molecule has 0 aromatic heterocycles. The molecule has 0 radical (unpaired) electrons. The first-order valence-electron chi connectivity index (χ1n) is 9.56. The highest BCUT2D eigenvalue weighted by molar-refractivity contribution is 5.84. The molecular formula is C23H29F. The molecule has 0 N–H and O–H groups in total. The Labute approximate surface area is 145 Å². The van der Waals surface area contributed by atoms with E-state index < -0.39 is 0 Å². The lowest BCUT2D eigenvalue weighted by atomic mass is 9.78. The SMILES string of the molecule is C=CC1CCC(c2ccc3c(F)c(CCCCC)ccc3c2)CC1. The maximum absolute atomic E-state index is 14.8. The van der Waals surface area contributed by atoms with Crippen LogP contribution in [0, 0.1) is 11.7 Å². The molecule has 0 amide bonds. The molecule has 0 heterocycles. The second-order valence-electron chi connectivity index (χ2n) is 7.32. The van der Waals surface area contributed by atoms with Gasteiger partial charge in [0.1, 0.15) is 5.82 Å². The van der Waals surface area contributed by atoms with E-state index in [-0.39, 0.29) is 5.82 Å². The molecule has 128 valence electrons. The van der Waals surface area contributed by atoms with Crippen molar-refractivity contribution in [1.82, 2.24) is 0 Å². The molecule has 3 rings (SSSR count). The van der Waals surface area contributed by atoms with Crippen molar-refractivity contribution in [1.29, 1.82) is 0 Å². The van der Waals surface area contributed by atoms with Crippen molar-refractivity contribution < 1.29 is 4.39 Å². The number of hydrogen-bond acceptors (Lipinski definition) is 0. The summed E-state index contributed by atoms with van der Waals surface area (Å²) in [5, 5.41) is 1.84. The zero-order valence-corrected chi connectivity index (χ0v) is 14.9. The minimum Gasteiger partial charge on any atom is -0.206 e. The van der Waals surface area contributed by atoms with Crippen molar-refractivity contribution in [2.75, 3.05) is 0 Å². The van der Waals surface area contributed by atoms with Crippen LogP contribution in [-0.2, 0) is 6.42 Å². The van der Waals surface area contributed by atoms with Crippen LogP contribution in [0.25, 0.3) is 10.8 Å². The first-order valence-corrected chi connectivity index (χ1v) is 9.56. The molecule has 1 aliphatic carbocycles. The van der Waals surface area contributed by atoms with Crippen LogP contribution in [0.15, 0.2) is 43.0 Å². The number of aryl methyl sites for hydroxylation is 1. The Hall–Kier alpha value is -1.63. The largest absolute Gasteiger partial charge is 0.206 e. The second kappa shape index (κ2) is 7.96. The Kier molecular flexibility index (Phi) is 5.71. The van der Waals surface area contributed by atoms with Gasteiger partial charge in [-0.2, -0.15) is 0 Å². The summed E-state index contributed by atoms with van der Waals surface area (Å²) >= 11 is 0. The average Bonchev–Trinajstić information content (AvgIpc) is 2.63. The van der Waals surface area contributed by atoms with Gasteiger partial charge >= 0.3 is 0 Å². The Morgan fingerprint density at radius 3 is 2.58 bits per heavy atom. The van der Waals surface area contributed by atoms with Crippen molar-refractivity contribution in [2.24, 2.45) is 5.92 Å². The zero-order chi connectivity index (χ0) is 16.9. The molecule has 24 heavy (non-hydrogen) atoms. The fourth-order valence-electron chi connectivity index (χ4n) is 4.06. The Balaban J connectivity index is 1.79. The summed E-state index contributed by atoms with van der Waals surface area (Å²) in [4.78, 5) is 0. The van der Waals surface area contributed by atoms with Crippen molar-refractivity contribution in [3.63, 3.8) is 0 Å². The molecule has 1 heteroatoms. The van der Waals surface area contributed by atoms with E-state index in [0.29, 0.717) is 11.8 Å². The van der Waals surface area contributed by atoms with Crippen molar-refractivity contribution in [2.45, 2.75) is 64.2 Å². The van der Waals surface area contributed by atoms with E-state index in [1.807, 2.05) is 12.1 Å². The van der Waals surface area contributed by atoms with Gasteiger partial charge in [-0.25, -0.2) is 4.39 Å². The van der Waals surface area contributed by atoms with Crippen LogP contribution >= 0.6 is 0 Å². The number of hydrogen-bond donors (Lipinski definition) is 0. The zero-order valence-electron chi connectivity index (χ0n) is 14.9. The number of rotatable bonds is 6. The Bertz CT molecular complexity index is 692. The molecule has 2 aromatic carbocycles. The lowest BCUT2D eigenvalue weighted by Crippen LogP contribution is -2.11. The standard InChI is InChI=1S/C23H29F/c1-3-5-6-7-19-12-13-21-16-20(14-15-22(21)23(19)24)18-10-8-17(4-2)9-11-18/h4,12-18H,2-3,5-11H2,1H3. The van der Waals surface area contributed by atoms with Gasteiger partial charge in [0.25, 0.3) is 0 Å². The van der Waals surface area contributed by atoms with Gasteiger partial charge in [0.05, 0.1) is 0 Å². The highest BCUT2D eigenvalue weighted by Crippen LogP contribution is 2.37. The fraction of sp³-hybridized carbons (Fsp3) is 0.478. The summed E-state index contributed by atoms with van der Waals surface area (Å²) in [6.45, 7) is 6.11. The molecule has 0 bridgehead atoms. The molecule has 0 spiro atoms. The normalized spacial score (nSPS) is 21.1. The number of fused-ring (bicyclic) bond motifs is 1. The summed E-state index contributed by atoms with van der Waals surface area (Å²) < 4.78 is 14.8. The molecule has 1 aliphatic rings. The predicted octanol–water partition coefficient (Wildman–Crippen LogP) is 7.17. The molecule has 0 saturated heterocycles. The number of allylic oxidation sites excluding steroid dienone is 1. The van der Waals surface area contributed by atoms with Crippen LogP contribution in [-0.4, -0.2) is 0 Å². The van der Waals surface area contributed by atoms with Crippen molar-refractivity contribution in [3.8, 4) is 0 Å². The van der Waals surface area contributed by atoms with Crippen LogP contribution in [0.1, 0.15) is 68.9 Å². The molecule has 0 atom stereocenters. The fourth-order valence-corrected chi connectivity index (χ4v) is 4.06. The lowest BCUT2D eigenvalue weighted by Gasteiger charge is -2.27. The van der Waals surface area contributed by atoms with E-state index in [1.165, 1.54) is 44.1 Å². The van der Waals surface area contributed by atoms with Crippen molar-refractivity contribution in [3.05, 3.63) is 59.9 Å². The summed E-state index contributed by atoms with van der Waals surface area (Å²) in [5.74, 6) is 1.30. The van der Waals surface area contributed by atoms with E-state index in [4.69, 9.17) is 0 Å². The molecule has 0 nitrogen and oxygen atoms in total. The van der Waals surface area contributed by atoms with E-state index in [9.17, 15) is 4.39 Å². The minimum absolute atomic E-state index is 0.00878. The molecule has 1 saturated carbocycles. The summed E-state index contributed by atoms with van der Waals surface area (Å²) in [6, 6.07) is 10.5. The number of halogens is 1. The lowest BCUT2D eigenvalue weighted by molar-refractivity contribution is 0.376. The van der Waals surface area contributed by atoms with E-state index in [1.54, 1.807) is 0 Å². The smallest absolute Gasteiger partial charge is 0.134 e. The Morgan fingerprint density at radius 1 is 1.08 bits per heavy atom. The average molecular weight is 324 g/mol.